The fourth-order valence-electron chi connectivity index (χ4n) is 4.57. The largest absolute Gasteiger partial charge is 0.440 e. The molecule has 2 aromatic rings. The third-order valence-corrected chi connectivity index (χ3v) is 6.36. The summed E-state index contributed by atoms with van der Waals surface area (Å²) < 4.78 is 5.26. The molecule has 1 aromatic carbocycles. The van der Waals surface area contributed by atoms with Crippen molar-refractivity contribution in [2.45, 2.75) is 52.0 Å². The van der Waals surface area contributed by atoms with E-state index in [9.17, 15) is 4.79 Å². The van der Waals surface area contributed by atoms with Gasteiger partial charge in [-0.05, 0) is 48.3 Å². The van der Waals surface area contributed by atoms with Gasteiger partial charge in [0.2, 0.25) is 5.78 Å². The van der Waals surface area contributed by atoms with E-state index >= 15 is 0 Å². The second-order valence-electron chi connectivity index (χ2n) is 8.46. The molecule has 5 nitrogen and oxygen atoms in total. The van der Waals surface area contributed by atoms with Crippen LogP contribution in [0.25, 0.3) is 0 Å². The van der Waals surface area contributed by atoms with Crippen LogP contribution in [0.2, 0.25) is 0 Å². The van der Waals surface area contributed by atoms with E-state index in [1.807, 2.05) is 0 Å². The van der Waals surface area contributed by atoms with Crippen LogP contribution in [0.4, 0.5) is 0 Å². The third kappa shape index (κ3) is 3.43. The summed E-state index contributed by atoms with van der Waals surface area (Å²) in [6.45, 7) is 6.39. The van der Waals surface area contributed by atoms with E-state index in [-0.39, 0.29) is 16.7 Å². The van der Waals surface area contributed by atoms with E-state index in [4.69, 9.17) is 15.1 Å². The Labute approximate surface area is 163 Å². The van der Waals surface area contributed by atoms with Crippen molar-refractivity contribution in [2.24, 2.45) is 16.1 Å². The van der Waals surface area contributed by atoms with Crippen LogP contribution >= 0.6 is 11.8 Å². The van der Waals surface area contributed by atoms with Gasteiger partial charge in [-0.1, -0.05) is 43.8 Å². The minimum atomic E-state index is -0.270. The normalized spacial score (nSPS) is 23.7. The Kier molecular flexibility index (Phi) is 4.41. The van der Waals surface area contributed by atoms with Crippen molar-refractivity contribution < 1.29 is 9.21 Å². The Bertz CT molecular complexity index is 931. The first-order chi connectivity index (χ1) is 12.8. The molecule has 0 saturated heterocycles. The molecule has 0 saturated carbocycles. The Hall–Kier alpha value is -2.08. The lowest BCUT2D eigenvalue weighted by molar-refractivity contribution is 0.0965. The molecule has 0 amide bonds. The molecule has 2 aliphatic rings. The number of carbonyl (C=O) groups excluding carboxylic acids is 1. The van der Waals surface area contributed by atoms with E-state index in [0.29, 0.717) is 23.0 Å². The molecule has 0 bridgehead atoms. The second-order valence-corrected chi connectivity index (χ2v) is 9.57. The highest BCUT2D eigenvalue weighted by Crippen LogP contribution is 2.50. The molecule has 0 fully saturated rings. The average Bonchev–Trinajstić information content (AvgIpc) is 3.01. The van der Waals surface area contributed by atoms with Gasteiger partial charge in [-0.25, -0.2) is 4.98 Å². The van der Waals surface area contributed by atoms with E-state index in [2.05, 4.69) is 37.0 Å². The van der Waals surface area contributed by atoms with Crippen LogP contribution in [0.3, 0.4) is 0 Å². The summed E-state index contributed by atoms with van der Waals surface area (Å²) in [5.41, 5.74) is 10.2. The molecule has 4 rings (SSSR count). The van der Waals surface area contributed by atoms with Gasteiger partial charge in [-0.2, -0.15) is 0 Å². The van der Waals surface area contributed by atoms with Crippen molar-refractivity contribution in [1.82, 2.24) is 4.98 Å². The number of ketones is 1. The molecule has 1 aliphatic carbocycles. The zero-order valence-corrected chi connectivity index (χ0v) is 16.9. The van der Waals surface area contributed by atoms with Crippen molar-refractivity contribution in [3.63, 3.8) is 0 Å². The number of carbonyl (C=O) groups is 1. The molecule has 1 atom stereocenters. The highest BCUT2D eigenvalue weighted by atomic mass is 32.2. The monoisotopic (exact) mass is 383 g/mol. The number of hydrogen-bond acceptors (Lipinski definition) is 6. The number of benzene rings is 1. The van der Waals surface area contributed by atoms with Crippen LogP contribution in [-0.4, -0.2) is 21.7 Å². The van der Waals surface area contributed by atoms with Crippen molar-refractivity contribution in [3.05, 3.63) is 52.7 Å². The summed E-state index contributed by atoms with van der Waals surface area (Å²) in [7, 11) is 0. The molecule has 2 N–H and O–H groups in total. The maximum atomic E-state index is 12.6. The predicted octanol–water partition coefficient (Wildman–Crippen LogP) is 4.03. The van der Waals surface area contributed by atoms with E-state index in [1.54, 1.807) is 18.7 Å². The molecule has 0 radical (unpaired) electrons. The number of oxazole rings is 1. The maximum absolute atomic E-state index is 12.6. The Morgan fingerprint density at radius 1 is 1.37 bits per heavy atom. The molecular weight excluding hydrogens is 358 g/mol. The van der Waals surface area contributed by atoms with Gasteiger partial charge in [0.05, 0.1) is 11.2 Å². The van der Waals surface area contributed by atoms with Gasteiger partial charge in [-0.15, -0.1) is 0 Å². The zero-order chi connectivity index (χ0) is 19.2. The molecule has 142 valence electrons. The van der Waals surface area contributed by atoms with Crippen molar-refractivity contribution >= 4 is 22.7 Å². The molecule has 2 heterocycles. The molecule has 1 aromatic heterocycles. The molecule has 6 heteroatoms. The van der Waals surface area contributed by atoms with Crippen LogP contribution < -0.4 is 5.73 Å². The first kappa shape index (κ1) is 18.3. The fourth-order valence-corrected chi connectivity index (χ4v) is 5.46. The lowest BCUT2D eigenvalue weighted by Gasteiger charge is -2.45. The van der Waals surface area contributed by atoms with Gasteiger partial charge in [-0.3, -0.25) is 9.79 Å². The van der Waals surface area contributed by atoms with Gasteiger partial charge in [0.15, 0.2) is 17.3 Å². The van der Waals surface area contributed by atoms with Gasteiger partial charge in [0, 0.05) is 12.2 Å². The van der Waals surface area contributed by atoms with Gasteiger partial charge >= 0.3 is 0 Å². The number of hydrogen-bond donors (Lipinski definition) is 1. The van der Waals surface area contributed by atoms with Gasteiger partial charge in [0.25, 0.3) is 0 Å². The number of fused-ring (bicyclic) bond motifs is 2. The minimum absolute atomic E-state index is 0.0441. The van der Waals surface area contributed by atoms with E-state index < -0.39 is 0 Å². The maximum Gasteiger partial charge on any atom is 0.204 e. The smallest absolute Gasteiger partial charge is 0.204 e. The number of thioether (sulfide) groups is 1. The number of aromatic nitrogens is 1. The summed E-state index contributed by atoms with van der Waals surface area (Å²) in [6, 6.07) is 6.39. The van der Waals surface area contributed by atoms with E-state index in [1.165, 1.54) is 17.5 Å². The number of aryl methyl sites for hydroxylation is 1. The first-order valence-electron chi connectivity index (χ1n) is 9.32. The third-order valence-electron chi connectivity index (χ3n) is 5.57. The number of amidine groups is 1. The van der Waals surface area contributed by atoms with E-state index in [0.717, 1.165) is 30.6 Å². The van der Waals surface area contributed by atoms with Crippen molar-refractivity contribution in [3.8, 4) is 0 Å². The Morgan fingerprint density at radius 2 is 2.19 bits per heavy atom. The standard InChI is InChI=1S/C21H25N3O2S/c1-13-18(26-12-23-13)17(25)9-14-4-5-15-10-20(2,3)11-21(16(15)8-14)6-7-27-19(22)24-21/h4-5,8,12H,6-7,9-11H2,1-3H3,(H2,22,24). The summed E-state index contributed by atoms with van der Waals surface area (Å²) in [5, 5.41) is 0.670. The van der Waals surface area contributed by atoms with Crippen molar-refractivity contribution in [1.29, 1.82) is 0 Å². The molecular formula is C21H25N3O2S. The number of aliphatic imine (C=N–C) groups is 1. The fraction of sp³-hybridized carbons (Fsp3) is 0.476. The van der Waals surface area contributed by atoms with Crippen molar-refractivity contribution in [2.75, 3.05) is 5.75 Å². The van der Waals surface area contributed by atoms with Crippen LogP contribution in [0.5, 0.6) is 0 Å². The highest BCUT2D eigenvalue weighted by Gasteiger charge is 2.45. The Balaban J connectivity index is 1.72. The second kappa shape index (κ2) is 6.51. The van der Waals surface area contributed by atoms with Crippen LogP contribution in [-0.2, 0) is 18.4 Å². The number of nitrogens with zero attached hydrogens (tertiary/aromatic N) is 2. The SMILES string of the molecule is Cc1ncoc1C(=O)Cc1ccc2c(c1)C1(CCSC(N)=N1)CC(C)(C)C2. The lowest BCUT2D eigenvalue weighted by Crippen LogP contribution is -2.41. The molecule has 27 heavy (non-hydrogen) atoms. The van der Waals surface area contributed by atoms with Gasteiger partial charge < -0.3 is 10.2 Å². The first-order valence-corrected chi connectivity index (χ1v) is 10.3. The summed E-state index contributed by atoms with van der Waals surface area (Å²) in [4.78, 5) is 21.6. The topological polar surface area (TPSA) is 81.5 Å². The molecule has 1 spiro atoms. The van der Waals surface area contributed by atoms with Gasteiger partial charge in [0.1, 0.15) is 0 Å². The molecule has 1 aliphatic heterocycles. The number of nitrogens with two attached hydrogens (primary N) is 1. The summed E-state index contributed by atoms with van der Waals surface area (Å²) in [6.07, 6.45) is 4.60. The minimum Gasteiger partial charge on any atom is -0.440 e. The summed E-state index contributed by atoms with van der Waals surface area (Å²) >= 11 is 1.63. The average molecular weight is 384 g/mol. The molecule has 1 unspecified atom stereocenters. The zero-order valence-electron chi connectivity index (χ0n) is 16.0. The number of rotatable bonds is 3. The predicted molar refractivity (Wildman–Crippen MR) is 108 cm³/mol. The highest BCUT2D eigenvalue weighted by molar-refractivity contribution is 8.13. The van der Waals surface area contributed by atoms with Crippen LogP contribution in [0.1, 0.15) is 59.6 Å². The Morgan fingerprint density at radius 3 is 2.89 bits per heavy atom. The summed E-state index contributed by atoms with van der Waals surface area (Å²) in [5.74, 6) is 1.28. The lowest BCUT2D eigenvalue weighted by atomic mass is 9.64. The van der Waals surface area contributed by atoms with Crippen LogP contribution in [0, 0.1) is 12.3 Å². The van der Waals surface area contributed by atoms with Crippen LogP contribution in [0.15, 0.2) is 34.0 Å². The number of Topliss-reactive ketones (excluding diaryl/α,β-unsaturated/α-hetero) is 1. The quantitative estimate of drug-likeness (QED) is 0.809.